The molecule has 8 heteroatoms. The topological polar surface area (TPSA) is 81.8 Å². The van der Waals surface area contributed by atoms with Crippen molar-refractivity contribution < 1.29 is 13.2 Å². The number of nitrogens with zero attached hydrogens (tertiary/aromatic N) is 2. The molecule has 0 atom stereocenters. The Morgan fingerprint density at radius 2 is 1.51 bits per heavy atom. The minimum absolute atomic E-state index is 0.00439. The lowest BCUT2D eigenvalue weighted by Gasteiger charge is -2.32. The van der Waals surface area contributed by atoms with Crippen molar-refractivity contribution in [2.24, 2.45) is 0 Å². The minimum Gasteiger partial charge on any atom is -0.368 e. The Balaban J connectivity index is 1.45. The summed E-state index contributed by atoms with van der Waals surface area (Å²) in [6, 6.07) is 10.9. The van der Waals surface area contributed by atoms with E-state index in [-0.39, 0.29) is 10.8 Å². The maximum atomic E-state index is 13.7. The third-order valence-corrected chi connectivity index (χ3v) is 8.84. The number of carbonyl (C=O) groups excluding carboxylic acids is 1. The van der Waals surface area contributed by atoms with Crippen molar-refractivity contribution in [3.05, 3.63) is 53.1 Å². The SMILES string of the molecule is O=C(c1cc(NS(=O)(=O)c2ccc3c(c2)CCCC3)ccc1N1CCNCC1)N1CCCCCC1. The van der Waals surface area contributed by atoms with E-state index >= 15 is 0 Å². The summed E-state index contributed by atoms with van der Waals surface area (Å²) in [7, 11) is -3.76. The fraction of sp³-hybridized carbons (Fsp3) is 0.519. The first-order chi connectivity index (χ1) is 17.0. The zero-order valence-corrected chi connectivity index (χ0v) is 21.2. The van der Waals surface area contributed by atoms with E-state index < -0.39 is 10.0 Å². The molecule has 2 aliphatic heterocycles. The molecule has 0 saturated carbocycles. The molecule has 188 valence electrons. The predicted octanol–water partition coefficient (Wildman–Crippen LogP) is 3.79. The van der Waals surface area contributed by atoms with E-state index in [4.69, 9.17) is 0 Å². The molecule has 3 aliphatic rings. The number of carbonyl (C=O) groups is 1. The highest BCUT2D eigenvalue weighted by Gasteiger charge is 2.25. The van der Waals surface area contributed by atoms with E-state index in [0.29, 0.717) is 11.3 Å². The van der Waals surface area contributed by atoms with Crippen LogP contribution in [0.2, 0.25) is 0 Å². The molecular weight excluding hydrogens is 460 g/mol. The van der Waals surface area contributed by atoms with Crippen molar-refractivity contribution in [3.8, 4) is 0 Å². The predicted molar refractivity (Wildman–Crippen MR) is 140 cm³/mol. The van der Waals surface area contributed by atoms with Crippen LogP contribution in [0.15, 0.2) is 41.3 Å². The van der Waals surface area contributed by atoms with Gasteiger partial charge in [0.2, 0.25) is 0 Å². The van der Waals surface area contributed by atoms with Gasteiger partial charge in [0.05, 0.1) is 10.5 Å². The molecule has 0 aromatic heterocycles. The Kier molecular flexibility index (Phi) is 7.29. The van der Waals surface area contributed by atoms with Gasteiger partial charge < -0.3 is 15.1 Å². The molecule has 0 spiro atoms. The Bertz CT molecular complexity index is 1170. The highest BCUT2D eigenvalue weighted by Crippen LogP contribution is 2.30. The van der Waals surface area contributed by atoms with Gasteiger partial charge >= 0.3 is 0 Å². The van der Waals surface area contributed by atoms with Crippen molar-refractivity contribution in [2.45, 2.75) is 56.3 Å². The number of benzene rings is 2. The lowest BCUT2D eigenvalue weighted by Crippen LogP contribution is -2.44. The Hall–Kier alpha value is -2.58. The molecule has 2 heterocycles. The van der Waals surface area contributed by atoms with Gasteiger partial charge in [-0.2, -0.15) is 0 Å². The molecule has 7 nitrogen and oxygen atoms in total. The molecule has 2 saturated heterocycles. The van der Waals surface area contributed by atoms with Crippen LogP contribution in [0.1, 0.15) is 60.0 Å². The largest absolute Gasteiger partial charge is 0.368 e. The fourth-order valence-electron chi connectivity index (χ4n) is 5.49. The molecule has 5 rings (SSSR count). The van der Waals surface area contributed by atoms with E-state index in [1.165, 1.54) is 5.56 Å². The van der Waals surface area contributed by atoms with Gasteiger partial charge in [0, 0.05) is 50.6 Å². The summed E-state index contributed by atoms with van der Waals surface area (Å²) in [4.78, 5) is 18.1. The van der Waals surface area contributed by atoms with E-state index in [1.54, 1.807) is 18.2 Å². The molecule has 2 aromatic rings. The summed E-state index contributed by atoms with van der Waals surface area (Å²) in [5.74, 6) is -0.00439. The van der Waals surface area contributed by atoms with Gasteiger partial charge in [-0.15, -0.1) is 0 Å². The quantitative estimate of drug-likeness (QED) is 0.658. The molecule has 0 radical (unpaired) electrons. The standard InChI is InChI=1S/C27H36N4O3S/c32-27(31-15-5-1-2-6-16-31)25-20-23(10-12-26(25)30-17-13-28-14-18-30)29-35(33,34)24-11-9-21-7-3-4-8-22(21)19-24/h9-12,19-20,28-29H,1-8,13-18H2. The third-order valence-electron chi connectivity index (χ3n) is 7.46. The summed E-state index contributed by atoms with van der Waals surface area (Å²) in [6.45, 7) is 4.88. The van der Waals surface area contributed by atoms with Gasteiger partial charge in [0.25, 0.3) is 15.9 Å². The highest BCUT2D eigenvalue weighted by atomic mass is 32.2. The molecule has 1 amide bonds. The Labute approximate surface area is 208 Å². The number of hydrogen-bond donors (Lipinski definition) is 2. The monoisotopic (exact) mass is 496 g/mol. The van der Waals surface area contributed by atoms with Crippen molar-refractivity contribution in [1.29, 1.82) is 0 Å². The molecule has 0 bridgehead atoms. The average Bonchev–Trinajstić information content (AvgIpc) is 3.18. The summed E-state index contributed by atoms with van der Waals surface area (Å²) < 4.78 is 29.3. The van der Waals surface area contributed by atoms with E-state index in [0.717, 1.165) is 102 Å². The molecule has 2 fully saturated rings. The van der Waals surface area contributed by atoms with Crippen LogP contribution < -0.4 is 14.9 Å². The number of rotatable bonds is 5. The van der Waals surface area contributed by atoms with Crippen molar-refractivity contribution in [1.82, 2.24) is 10.2 Å². The first kappa shape index (κ1) is 24.1. The molecule has 2 N–H and O–H groups in total. The number of aryl methyl sites for hydroxylation is 2. The summed E-state index contributed by atoms with van der Waals surface area (Å²) >= 11 is 0. The average molecular weight is 497 g/mol. The van der Waals surface area contributed by atoms with Crippen molar-refractivity contribution in [2.75, 3.05) is 48.9 Å². The van der Waals surface area contributed by atoms with Crippen LogP contribution in [0.4, 0.5) is 11.4 Å². The van der Waals surface area contributed by atoms with Gasteiger partial charge in [0.15, 0.2) is 0 Å². The van der Waals surface area contributed by atoms with Gasteiger partial charge in [0.1, 0.15) is 0 Å². The second kappa shape index (κ2) is 10.6. The zero-order chi connectivity index (χ0) is 24.3. The third kappa shape index (κ3) is 5.48. The lowest BCUT2D eigenvalue weighted by atomic mass is 9.92. The Morgan fingerprint density at radius 3 is 2.26 bits per heavy atom. The second-order valence-corrected chi connectivity index (χ2v) is 11.6. The Morgan fingerprint density at radius 1 is 0.800 bits per heavy atom. The number of amides is 1. The normalized spacial score (nSPS) is 19.1. The number of likely N-dealkylation sites (tertiary alicyclic amines) is 1. The zero-order valence-electron chi connectivity index (χ0n) is 20.4. The molecular formula is C27H36N4O3S. The number of nitrogens with one attached hydrogen (secondary N) is 2. The summed E-state index contributed by atoms with van der Waals surface area (Å²) in [5, 5.41) is 3.36. The van der Waals surface area contributed by atoms with E-state index in [2.05, 4.69) is 14.9 Å². The smallest absolute Gasteiger partial charge is 0.261 e. The summed E-state index contributed by atoms with van der Waals surface area (Å²) in [5.41, 5.74) is 4.28. The van der Waals surface area contributed by atoms with Gasteiger partial charge in [-0.1, -0.05) is 18.9 Å². The molecule has 1 aliphatic carbocycles. The summed E-state index contributed by atoms with van der Waals surface area (Å²) in [6.07, 6.45) is 8.51. The first-order valence-corrected chi connectivity index (χ1v) is 14.5. The maximum Gasteiger partial charge on any atom is 0.261 e. The van der Waals surface area contributed by atoms with Gasteiger partial charge in [-0.05, 0) is 80.0 Å². The molecule has 2 aromatic carbocycles. The molecule has 35 heavy (non-hydrogen) atoms. The van der Waals surface area contributed by atoms with Crippen LogP contribution in [0.3, 0.4) is 0 Å². The second-order valence-electron chi connectivity index (χ2n) is 9.92. The van der Waals surface area contributed by atoms with Crippen molar-refractivity contribution >= 4 is 27.3 Å². The lowest BCUT2D eigenvalue weighted by molar-refractivity contribution is 0.0762. The van der Waals surface area contributed by atoms with Crippen LogP contribution in [-0.2, 0) is 22.9 Å². The maximum absolute atomic E-state index is 13.7. The number of sulfonamides is 1. The van der Waals surface area contributed by atoms with Crippen LogP contribution in [0, 0.1) is 0 Å². The van der Waals surface area contributed by atoms with Gasteiger partial charge in [-0.3, -0.25) is 9.52 Å². The number of anilines is 2. The number of fused-ring (bicyclic) bond motifs is 1. The van der Waals surface area contributed by atoms with Crippen LogP contribution in [0.5, 0.6) is 0 Å². The van der Waals surface area contributed by atoms with Crippen LogP contribution in [-0.4, -0.2) is 58.5 Å². The highest BCUT2D eigenvalue weighted by molar-refractivity contribution is 7.92. The molecule has 0 unspecified atom stereocenters. The van der Waals surface area contributed by atoms with E-state index in [1.807, 2.05) is 23.1 Å². The number of piperazine rings is 1. The van der Waals surface area contributed by atoms with Crippen LogP contribution in [0.25, 0.3) is 0 Å². The number of hydrogen-bond acceptors (Lipinski definition) is 5. The van der Waals surface area contributed by atoms with Crippen molar-refractivity contribution in [3.63, 3.8) is 0 Å². The van der Waals surface area contributed by atoms with Gasteiger partial charge in [-0.25, -0.2) is 8.42 Å². The first-order valence-electron chi connectivity index (χ1n) is 13.0. The fourth-order valence-corrected chi connectivity index (χ4v) is 6.59. The van der Waals surface area contributed by atoms with Crippen LogP contribution >= 0.6 is 0 Å². The van der Waals surface area contributed by atoms with E-state index in [9.17, 15) is 13.2 Å². The minimum atomic E-state index is -3.76.